The Balaban J connectivity index is 0. The molecular weight excluding hydrogens is 561 g/mol. The van der Waals surface area contributed by atoms with Gasteiger partial charge in [0, 0.05) is 0 Å². The second-order valence-electron chi connectivity index (χ2n) is 9.67. The SMILES string of the molecule is CC1=C(C)C(C)(c2cc(C(C)(C)C)cc(C(C)(C)C)c2)[C]([Hf])=C1C.Cl.Cl.Cl. The van der Waals surface area contributed by atoms with Gasteiger partial charge >= 0.3 is 165 Å². The molecule has 0 aromatic heterocycles. The van der Waals surface area contributed by atoms with Gasteiger partial charge in [0.2, 0.25) is 0 Å². The van der Waals surface area contributed by atoms with Crippen molar-refractivity contribution in [2.75, 3.05) is 0 Å². The van der Waals surface area contributed by atoms with Gasteiger partial charge in [0.15, 0.2) is 0 Å². The molecule has 0 amide bonds. The standard InChI is InChI=1S/C23H33.3ClH.Hf/c1-15-14-23(10,17(3)16(15)2)20-12-18(21(4,5)6)11-19(13-20)22(7,8)9;;;;/h11-13H,1-10H3;3*1H;. The molecular formula is C23H36Cl3Hf. The Hall–Kier alpha value is 0.440. The van der Waals surface area contributed by atoms with Gasteiger partial charge in [-0.3, -0.25) is 0 Å². The van der Waals surface area contributed by atoms with Crippen molar-refractivity contribution in [1.29, 1.82) is 0 Å². The Morgan fingerprint density at radius 3 is 1.33 bits per heavy atom. The third-order valence-corrected chi connectivity index (χ3v) is 9.14. The predicted molar refractivity (Wildman–Crippen MR) is 124 cm³/mol. The molecule has 0 fully saturated rings. The zero-order valence-electron chi connectivity index (χ0n) is 18.5. The van der Waals surface area contributed by atoms with Crippen molar-refractivity contribution in [3.63, 3.8) is 0 Å². The van der Waals surface area contributed by atoms with E-state index in [9.17, 15) is 0 Å². The smallest absolute Gasteiger partial charge is 0.147 e. The topological polar surface area (TPSA) is 0 Å². The molecule has 0 N–H and O–H groups in total. The second-order valence-corrected chi connectivity index (χ2v) is 11.5. The Kier molecular flexibility index (Phi) is 10.4. The summed E-state index contributed by atoms with van der Waals surface area (Å²) in [6.45, 7) is 23.3. The predicted octanol–water partition coefficient (Wildman–Crippen LogP) is 7.98. The number of rotatable bonds is 1. The van der Waals surface area contributed by atoms with Crippen LogP contribution in [0.3, 0.4) is 0 Å². The molecule has 27 heavy (non-hydrogen) atoms. The molecule has 1 aromatic carbocycles. The maximum atomic E-state index is 2.47. The van der Waals surface area contributed by atoms with Crippen LogP contribution in [0.25, 0.3) is 0 Å². The number of allylic oxidation sites excluding steroid dienone is 4. The quantitative estimate of drug-likeness (QED) is 0.288. The first-order valence-electron chi connectivity index (χ1n) is 8.98. The normalized spacial score (nSPS) is 20.0. The molecule has 1 unspecified atom stereocenters. The molecule has 0 heterocycles. The average molecular weight is 597 g/mol. The number of halogens is 3. The van der Waals surface area contributed by atoms with Gasteiger partial charge in [-0.15, -0.1) is 37.2 Å². The summed E-state index contributed by atoms with van der Waals surface area (Å²) in [5.74, 6) is 0. The van der Waals surface area contributed by atoms with E-state index in [2.05, 4.69) is 87.4 Å². The van der Waals surface area contributed by atoms with Crippen LogP contribution in [0.1, 0.15) is 85.9 Å². The van der Waals surface area contributed by atoms with E-state index in [-0.39, 0.29) is 53.5 Å². The molecule has 1 aliphatic rings. The molecule has 4 heteroatoms. The van der Waals surface area contributed by atoms with E-state index < -0.39 is 0 Å². The van der Waals surface area contributed by atoms with Crippen LogP contribution in [0.15, 0.2) is 38.2 Å². The summed E-state index contributed by atoms with van der Waals surface area (Å²) in [4.78, 5) is 0. The number of benzene rings is 1. The van der Waals surface area contributed by atoms with Gasteiger partial charge < -0.3 is 0 Å². The van der Waals surface area contributed by atoms with Crippen molar-refractivity contribution in [2.45, 2.75) is 85.5 Å². The van der Waals surface area contributed by atoms with Crippen LogP contribution in [-0.2, 0) is 40.6 Å². The van der Waals surface area contributed by atoms with E-state index in [4.69, 9.17) is 0 Å². The van der Waals surface area contributed by atoms with E-state index in [1.807, 2.05) is 0 Å². The van der Waals surface area contributed by atoms with Gasteiger partial charge in [-0.25, -0.2) is 0 Å². The van der Waals surface area contributed by atoms with Crippen LogP contribution in [-0.4, -0.2) is 0 Å². The fourth-order valence-electron chi connectivity index (χ4n) is 3.55. The first-order chi connectivity index (χ1) is 10.7. The number of hydrogen-bond acceptors (Lipinski definition) is 0. The van der Waals surface area contributed by atoms with E-state index in [0.717, 1.165) is 24.4 Å². The Morgan fingerprint density at radius 1 is 0.704 bits per heavy atom. The molecule has 0 aliphatic heterocycles. The third-order valence-electron chi connectivity index (χ3n) is 5.99. The molecule has 1 aromatic rings. The van der Waals surface area contributed by atoms with Crippen molar-refractivity contribution in [2.24, 2.45) is 0 Å². The van der Waals surface area contributed by atoms with E-state index in [1.54, 1.807) is 3.33 Å². The van der Waals surface area contributed by atoms with Gasteiger partial charge in [0.1, 0.15) is 0 Å². The molecule has 0 saturated carbocycles. The Morgan fingerprint density at radius 2 is 1.07 bits per heavy atom. The van der Waals surface area contributed by atoms with Gasteiger partial charge in [-0.05, 0) is 0 Å². The van der Waals surface area contributed by atoms with Crippen LogP contribution in [0, 0.1) is 0 Å². The van der Waals surface area contributed by atoms with E-state index in [1.165, 1.54) is 33.4 Å². The van der Waals surface area contributed by atoms with Gasteiger partial charge in [-0.1, -0.05) is 0 Å². The summed E-state index contributed by atoms with van der Waals surface area (Å²) >= 11 is 1.12. The van der Waals surface area contributed by atoms with E-state index in [0.29, 0.717) is 0 Å². The monoisotopic (exact) mass is 597 g/mol. The summed E-state index contributed by atoms with van der Waals surface area (Å²) in [5.41, 5.74) is 9.38. The Bertz CT molecular complexity index is 688. The van der Waals surface area contributed by atoms with Crippen molar-refractivity contribution < 1.29 is 24.4 Å². The summed E-state index contributed by atoms with van der Waals surface area (Å²) in [6.07, 6.45) is 0. The fourth-order valence-corrected chi connectivity index (χ4v) is 5.42. The van der Waals surface area contributed by atoms with Crippen LogP contribution in [0.4, 0.5) is 0 Å². The molecule has 2 rings (SSSR count). The van der Waals surface area contributed by atoms with Crippen molar-refractivity contribution in [3.8, 4) is 0 Å². The molecule has 1 atom stereocenters. The van der Waals surface area contributed by atoms with Gasteiger partial charge in [0.25, 0.3) is 0 Å². The van der Waals surface area contributed by atoms with Crippen molar-refractivity contribution in [1.82, 2.24) is 0 Å². The van der Waals surface area contributed by atoms with Gasteiger partial charge in [-0.2, -0.15) is 0 Å². The third kappa shape index (κ3) is 5.33. The zero-order chi connectivity index (χ0) is 18.7. The molecule has 0 radical (unpaired) electrons. The van der Waals surface area contributed by atoms with Crippen LogP contribution < -0.4 is 0 Å². The molecule has 0 spiro atoms. The summed E-state index contributed by atoms with van der Waals surface area (Å²) < 4.78 is 1.64. The zero-order valence-corrected chi connectivity index (χ0v) is 24.5. The minimum Gasteiger partial charge on any atom is -0.147 e. The second kappa shape index (κ2) is 9.50. The van der Waals surface area contributed by atoms with E-state index >= 15 is 0 Å². The maximum Gasteiger partial charge on any atom is -0.147 e. The molecule has 1 aliphatic carbocycles. The summed E-state index contributed by atoms with van der Waals surface area (Å²) in [6, 6.07) is 7.38. The maximum absolute atomic E-state index is 2.47. The van der Waals surface area contributed by atoms with Crippen molar-refractivity contribution in [3.05, 3.63) is 54.9 Å². The molecule has 0 saturated heterocycles. The first-order valence-corrected chi connectivity index (χ1v) is 10.8. The number of hydrogen-bond donors (Lipinski definition) is 0. The average Bonchev–Trinajstić information content (AvgIpc) is 2.61. The summed E-state index contributed by atoms with van der Waals surface area (Å²) in [5, 5.41) is 0. The summed E-state index contributed by atoms with van der Waals surface area (Å²) in [7, 11) is 0. The molecule has 0 nitrogen and oxygen atoms in total. The fraction of sp³-hybridized carbons (Fsp3) is 0.565. The first kappa shape index (κ1) is 29.6. The minimum absolute atomic E-state index is 0. The Labute approximate surface area is 200 Å². The van der Waals surface area contributed by atoms with Crippen LogP contribution in [0.5, 0.6) is 0 Å². The van der Waals surface area contributed by atoms with Crippen molar-refractivity contribution >= 4 is 37.2 Å². The van der Waals surface area contributed by atoms with Crippen LogP contribution >= 0.6 is 37.2 Å². The largest absolute Gasteiger partial charge is 0.147 e. The molecule has 153 valence electrons. The molecule has 0 bridgehead atoms. The van der Waals surface area contributed by atoms with Gasteiger partial charge in [0.05, 0.1) is 0 Å². The van der Waals surface area contributed by atoms with Crippen LogP contribution in [0.2, 0.25) is 0 Å². The minimum atomic E-state index is 0.